The van der Waals surface area contributed by atoms with E-state index in [1.165, 1.54) is 0 Å². The van der Waals surface area contributed by atoms with Crippen molar-refractivity contribution in [3.05, 3.63) is 0 Å². The average Bonchev–Trinajstić information content (AvgIpc) is 2.03. The maximum absolute atomic E-state index is 13.1. The Morgan fingerprint density at radius 2 is 1.92 bits per heavy atom. The number of halogens is 1. The maximum atomic E-state index is 13.1. The van der Waals surface area contributed by atoms with Crippen molar-refractivity contribution in [1.29, 1.82) is 0 Å². The Kier molecular flexibility index (Phi) is 3.10. The van der Waals surface area contributed by atoms with Gasteiger partial charge in [-0.2, -0.15) is 0 Å². The zero-order chi connectivity index (χ0) is 9.19. The van der Waals surface area contributed by atoms with Crippen LogP contribution in [-0.4, -0.2) is 12.7 Å². The third kappa shape index (κ3) is 2.44. The summed E-state index contributed by atoms with van der Waals surface area (Å²) in [7, 11) is 0. The summed E-state index contributed by atoms with van der Waals surface area (Å²) in [6.45, 7) is 4.73. The van der Waals surface area contributed by atoms with Gasteiger partial charge in [0.25, 0.3) is 0 Å². The lowest BCUT2D eigenvalue weighted by Gasteiger charge is -2.35. The zero-order valence-electron chi connectivity index (χ0n) is 8.15. The van der Waals surface area contributed by atoms with Gasteiger partial charge >= 0.3 is 0 Å². The predicted octanol–water partition coefficient (Wildman–Crippen LogP) is 2.50. The number of hydrogen-bond acceptors (Lipinski definition) is 1. The summed E-state index contributed by atoms with van der Waals surface area (Å²) >= 11 is 0. The smallest absolute Gasteiger partial charge is 0.115 e. The molecule has 0 bridgehead atoms. The molecule has 0 spiro atoms. The fourth-order valence-corrected chi connectivity index (χ4v) is 1.98. The lowest BCUT2D eigenvalue weighted by Crippen LogP contribution is -2.31. The van der Waals surface area contributed by atoms with Crippen LogP contribution in [0.15, 0.2) is 0 Å². The highest BCUT2D eigenvalue weighted by Crippen LogP contribution is 2.39. The SMILES string of the molecule is CC1(C)CCC(C(F)CN)CC1. The van der Waals surface area contributed by atoms with Gasteiger partial charge in [-0.1, -0.05) is 13.8 Å². The minimum atomic E-state index is -0.763. The minimum absolute atomic E-state index is 0.199. The summed E-state index contributed by atoms with van der Waals surface area (Å²) in [5.41, 5.74) is 5.73. The number of alkyl halides is 1. The molecule has 0 saturated heterocycles. The molecule has 1 rings (SSSR count). The Morgan fingerprint density at radius 3 is 2.33 bits per heavy atom. The van der Waals surface area contributed by atoms with Crippen molar-refractivity contribution in [3.8, 4) is 0 Å². The van der Waals surface area contributed by atoms with Crippen molar-refractivity contribution in [2.24, 2.45) is 17.1 Å². The molecular weight excluding hydrogens is 153 g/mol. The second-order valence-electron chi connectivity index (χ2n) is 4.75. The van der Waals surface area contributed by atoms with E-state index in [1.54, 1.807) is 0 Å². The first kappa shape index (κ1) is 9.97. The van der Waals surface area contributed by atoms with Crippen molar-refractivity contribution in [2.45, 2.75) is 45.7 Å². The largest absolute Gasteiger partial charge is 0.328 e. The fourth-order valence-electron chi connectivity index (χ4n) is 1.98. The topological polar surface area (TPSA) is 26.0 Å². The van der Waals surface area contributed by atoms with Gasteiger partial charge in [-0.05, 0) is 37.0 Å². The molecular formula is C10H20FN. The third-order valence-electron chi connectivity index (χ3n) is 3.12. The molecule has 0 heterocycles. The van der Waals surface area contributed by atoms with Crippen LogP contribution in [0.2, 0.25) is 0 Å². The van der Waals surface area contributed by atoms with Crippen LogP contribution in [0, 0.1) is 11.3 Å². The molecule has 0 aliphatic heterocycles. The first-order chi connectivity index (χ1) is 5.55. The zero-order valence-corrected chi connectivity index (χ0v) is 8.15. The molecule has 1 unspecified atom stereocenters. The first-order valence-corrected chi connectivity index (χ1v) is 4.89. The van der Waals surface area contributed by atoms with Crippen molar-refractivity contribution >= 4 is 0 Å². The van der Waals surface area contributed by atoms with Crippen LogP contribution in [0.4, 0.5) is 4.39 Å². The molecule has 0 aromatic heterocycles. The molecule has 0 aromatic rings. The molecule has 1 nitrogen and oxygen atoms in total. The lowest BCUT2D eigenvalue weighted by molar-refractivity contribution is 0.124. The minimum Gasteiger partial charge on any atom is -0.328 e. The monoisotopic (exact) mass is 173 g/mol. The van der Waals surface area contributed by atoms with E-state index in [9.17, 15) is 4.39 Å². The van der Waals surface area contributed by atoms with Crippen LogP contribution in [0.3, 0.4) is 0 Å². The standard InChI is InChI=1S/C10H20FN/c1-10(2)5-3-8(4-6-10)9(11)7-12/h8-9H,3-7,12H2,1-2H3. The van der Waals surface area contributed by atoms with Crippen LogP contribution in [-0.2, 0) is 0 Å². The van der Waals surface area contributed by atoms with Gasteiger partial charge in [0, 0.05) is 6.54 Å². The quantitative estimate of drug-likeness (QED) is 0.682. The second kappa shape index (κ2) is 3.73. The summed E-state index contributed by atoms with van der Waals surface area (Å²) in [4.78, 5) is 0. The fraction of sp³-hybridized carbons (Fsp3) is 1.00. The van der Waals surface area contributed by atoms with Gasteiger partial charge in [-0.25, -0.2) is 4.39 Å². The molecule has 1 saturated carbocycles. The third-order valence-corrected chi connectivity index (χ3v) is 3.12. The maximum Gasteiger partial charge on any atom is 0.115 e. The van der Waals surface area contributed by atoms with Crippen LogP contribution < -0.4 is 5.73 Å². The molecule has 12 heavy (non-hydrogen) atoms. The predicted molar refractivity (Wildman–Crippen MR) is 49.7 cm³/mol. The molecule has 2 heteroatoms. The summed E-state index contributed by atoms with van der Waals surface area (Å²) in [5, 5.41) is 0. The number of rotatable bonds is 2. The lowest BCUT2D eigenvalue weighted by atomic mass is 9.72. The molecule has 0 radical (unpaired) electrons. The molecule has 0 aromatic carbocycles. The van der Waals surface area contributed by atoms with Crippen molar-refractivity contribution in [2.75, 3.05) is 6.54 Å². The van der Waals surface area contributed by atoms with E-state index in [0.29, 0.717) is 5.41 Å². The van der Waals surface area contributed by atoms with Gasteiger partial charge < -0.3 is 5.73 Å². The van der Waals surface area contributed by atoms with Crippen LogP contribution in [0.5, 0.6) is 0 Å². The Morgan fingerprint density at radius 1 is 1.42 bits per heavy atom. The van der Waals surface area contributed by atoms with E-state index in [2.05, 4.69) is 13.8 Å². The van der Waals surface area contributed by atoms with Gasteiger partial charge in [0.05, 0.1) is 0 Å². The number of hydrogen-bond donors (Lipinski definition) is 1. The van der Waals surface area contributed by atoms with Crippen molar-refractivity contribution in [3.63, 3.8) is 0 Å². The van der Waals surface area contributed by atoms with E-state index < -0.39 is 6.17 Å². The Bertz CT molecular complexity index is 135. The highest BCUT2D eigenvalue weighted by atomic mass is 19.1. The molecule has 1 aliphatic carbocycles. The van der Waals surface area contributed by atoms with E-state index >= 15 is 0 Å². The Balaban J connectivity index is 2.36. The molecule has 2 N–H and O–H groups in total. The molecule has 0 amide bonds. The summed E-state index contributed by atoms with van der Waals surface area (Å²) in [5.74, 6) is 0.239. The normalized spacial score (nSPS) is 27.0. The number of nitrogens with two attached hydrogens (primary N) is 1. The van der Waals surface area contributed by atoms with Gasteiger partial charge in [-0.15, -0.1) is 0 Å². The van der Waals surface area contributed by atoms with Gasteiger partial charge in [-0.3, -0.25) is 0 Å². The molecule has 1 fully saturated rings. The van der Waals surface area contributed by atoms with Gasteiger partial charge in [0.2, 0.25) is 0 Å². The molecule has 1 aliphatic rings. The van der Waals surface area contributed by atoms with Crippen molar-refractivity contribution in [1.82, 2.24) is 0 Å². The summed E-state index contributed by atoms with van der Waals surface area (Å²) in [6.07, 6.45) is 3.58. The van der Waals surface area contributed by atoms with E-state index in [4.69, 9.17) is 5.73 Å². The second-order valence-corrected chi connectivity index (χ2v) is 4.75. The average molecular weight is 173 g/mol. The van der Waals surface area contributed by atoms with Gasteiger partial charge in [0.1, 0.15) is 6.17 Å². The van der Waals surface area contributed by atoms with Gasteiger partial charge in [0.15, 0.2) is 0 Å². The van der Waals surface area contributed by atoms with Crippen LogP contribution in [0.1, 0.15) is 39.5 Å². The van der Waals surface area contributed by atoms with Crippen LogP contribution in [0.25, 0.3) is 0 Å². The van der Waals surface area contributed by atoms with E-state index in [0.717, 1.165) is 25.7 Å². The highest BCUT2D eigenvalue weighted by molar-refractivity contribution is 4.82. The Hall–Kier alpha value is -0.110. The first-order valence-electron chi connectivity index (χ1n) is 4.89. The van der Waals surface area contributed by atoms with Crippen molar-refractivity contribution < 1.29 is 4.39 Å². The van der Waals surface area contributed by atoms with E-state index in [1.807, 2.05) is 0 Å². The molecule has 72 valence electrons. The summed E-state index contributed by atoms with van der Waals surface area (Å²) < 4.78 is 13.1. The van der Waals surface area contributed by atoms with Crippen LogP contribution >= 0.6 is 0 Å². The Labute approximate surface area is 74.5 Å². The van der Waals surface area contributed by atoms with E-state index in [-0.39, 0.29) is 12.5 Å². The summed E-state index contributed by atoms with van der Waals surface area (Å²) in [6, 6.07) is 0. The molecule has 1 atom stereocenters. The highest BCUT2D eigenvalue weighted by Gasteiger charge is 2.30.